The highest BCUT2D eigenvalue weighted by Gasteiger charge is 2.25. The van der Waals surface area contributed by atoms with Crippen molar-refractivity contribution in [2.24, 2.45) is 0 Å². The largest absolute Gasteiger partial charge is 0.463 e. The number of rotatable bonds is 5. The van der Waals surface area contributed by atoms with Crippen molar-refractivity contribution in [1.82, 2.24) is 9.38 Å². The van der Waals surface area contributed by atoms with E-state index in [1.54, 1.807) is 17.5 Å². The highest BCUT2D eigenvalue weighted by Crippen LogP contribution is 2.35. The molecule has 1 atom stereocenters. The van der Waals surface area contributed by atoms with Gasteiger partial charge in [0.1, 0.15) is 16.4 Å². The van der Waals surface area contributed by atoms with Gasteiger partial charge in [-0.1, -0.05) is 48.2 Å². The number of carbonyl (C=O) groups excluding carboxylic acids is 1. The van der Waals surface area contributed by atoms with Crippen LogP contribution >= 0.6 is 11.8 Å². The minimum atomic E-state index is -1.79. The fourth-order valence-electron chi connectivity index (χ4n) is 2.22. The van der Waals surface area contributed by atoms with Gasteiger partial charge in [-0.2, -0.15) is 0 Å². The Morgan fingerprint density at radius 3 is 2.74 bits per heavy atom. The van der Waals surface area contributed by atoms with E-state index in [4.69, 9.17) is 4.74 Å². The number of pyridine rings is 1. The average molecular weight is 330 g/mol. The second-order valence-electron chi connectivity index (χ2n) is 4.75. The number of thioether (sulfide) groups is 1. The summed E-state index contributed by atoms with van der Waals surface area (Å²) in [6.07, 6.45) is 1.80. The number of ether oxygens (including phenoxy) is 1. The highest BCUT2D eigenvalue weighted by atomic mass is 32.2. The Bertz CT molecular complexity index is 820. The summed E-state index contributed by atoms with van der Waals surface area (Å²) in [6, 6.07) is 15.1. The summed E-state index contributed by atoms with van der Waals surface area (Å²) in [5, 5.41) is 0.576. The van der Waals surface area contributed by atoms with Gasteiger partial charge in [0, 0.05) is 11.8 Å². The van der Waals surface area contributed by atoms with Crippen LogP contribution in [-0.2, 0) is 9.53 Å². The summed E-state index contributed by atoms with van der Waals surface area (Å²) in [5.41, 5.74) is 0.422. The quantitative estimate of drug-likeness (QED) is 0.525. The summed E-state index contributed by atoms with van der Waals surface area (Å²) in [7, 11) is 0. The molecular weight excluding hydrogens is 315 g/mol. The molecular formula is C17H15FN2O2S. The van der Waals surface area contributed by atoms with Gasteiger partial charge in [-0.3, -0.25) is 4.40 Å². The van der Waals surface area contributed by atoms with Crippen LogP contribution in [-0.4, -0.2) is 27.5 Å². The second-order valence-corrected chi connectivity index (χ2v) is 5.78. The first-order valence-electron chi connectivity index (χ1n) is 7.20. The molecule has 0 radical (unpaired) electrons. The first-order chi connectivity index (χ1) is 11.2. The molecule has 3 aromatic rings. The van der Waals surface area contributed by atoms with Crippen molar-refractivity contribution in [2.75, 3.05) is 6.61 Å². The van der Waals surface area contributed by atoms with Crippen molar-refractivity contribution < 1.29 is 13.9 Å². The lowest BCUT2D eigenvalue weighted by atomic mass is 10.2. The Hall–Kier alpha value is -2.34. The third-order valence-corrected chi connectivity index (χ3v) is 4.23. The lowest BCUT2D eigenvalue weighted by Gasteiger charge is -2.09. The normalized spacial score (nSPS) is 12.3. The molecule has 0 N–H and O–H groups in total. The molecule has 0 fully saturated rings. The predicted octanol–water partition coefficient (Wildman–Crippen LogP) is 3.95. The Morgan fingerprint density at radius 2 is 2.00 bits per heavy atom. The summed E-state index contributed by atoms with van der Waals surface area (Å²) in [5.74, 6) is -0.873. The number of imidazole rings is 1. The van der Waals surface area contributed by atoms with Crippen molar-refractivity contribution in [2.45, 2.75) is 17.5 Å². The van der Waals surface area contributed by atoms with Crippen molar-refractivity contribution in [3.05, 3.63) is 54.7 Å². The first-order valence-corrected chi connectivity index (χ1v) is 8.08. The van der Waals surface area contributed by atoms with Crippen LogP contribution in [0, 0.1) is 0 Å². The zero-order valence-corrected chi connectivity index (χ0v) is 13.3. The van der Waals surface area contributed by atoms with Gasteiger partial charge in [-0.15, -0.1) is 0 Å². The van der Waals surface area contributed by atoms with Gasteiger partial charge < -0.3 is 4.74 Å². The molecule has 0 aliphatic carbocycles. The molecule has 0 saturated carbocycles. The number of nitrogens with zero attached hydrogens (tertiary/aromatic N) is 2. The number of halogens is 1. The number of fused-ring (bicyclic) bond motifs is 1. The molecule has 0 aliphatic heterocycles. The van der Waals surface area contributed by atoms with Gasteiger partial charge in [0.2, 0.25) is 5.50 Å². The number of benzene rings is 1. The van der Waals surface area contributed by atoms with Gasteiger partial charge in [0.15, 0.2) is 0 Å². The standard InChI is InChI=1S/C17H15FN2O2S/c1-2-22-17(21)15(18)23-16-14(12-8-4-3-5-9-12)19-13-10-6-7-11-20(13)16/h3-11,15H,2H2,1H3/t15-/m1/s1. The zero-order valence-electron chi connectivity index (χ0n) is 12.5. The molecule has 0 saturated heterocycles. The smallest absolute Gasteiger partial charge is 0.351 e. The summed E-state index contributed by atoms with van der Waals surface area (Å²) in [4.78, 5) is 16.2. The van der Waals surface area contributed by atoms with E-state index in [1.165, 1.54) is 0 Å². The van der Waals surface area contributed by atoms with Crippen molar-refractivity contribution in [3.8, 4) is 11.3 Å². The van der Waals surface area contributed by atoms with E-state index in [-0.39, 0.29) is 6.61 Å². The molecule has 23 heavy (non-hydrogen) atoms. The maximum atomic E-state index is 14.2. The van der Waals surface area contributed by atoms with E-state index in [9.17, 15) is 9.18 Å². The van der Waals surface area contributed by atoms with Crippen LogP contribution in [0.4, 0.5) is 4.39 Å². The Kier molecular flexibility index (Phi) is 4.62. The van der Waals surface area contributed by atoms with Gasteiger partial charge in [0.05, 0.1) is 6.61 Å². The summed E-state index contributed by atoms with van der Waals surface area (Å²) < 4.78 is 20.7. The van der Waals surface area contributed by atoms with Crippen LogP contribution < -0.4 is 0 Å². The number of esters is 1. The van der Waals surface area contributed by atoms with Crippen LogP contribution in [0.3, 0.4) is 0 Å². The Labute approximate surface area is 137 Å². The number of aromatic nitrogens is 2. The van der Waals surface area contributed by atoms with Crippen molar-refractivity contribution >= 4 is 23.4 Å². The molecule has 3 rings (SSSR count). The minimum Gasteiger partial charge on any atom is -0.463 e. The van der Waals surface area contributed by atoms with E-state index >= 15 is 0 Å². The third-order valence-electron chi connectivity index (χ3n) is 3.22. The van der Waals surface area contributed by atoms with Crippen LogP contribution in [0.15, 0.2) is 59.8 Å². The van der Waals surface area contributed by atoms with Crippen LogP contribution in [0.2, 0.25) is 0 Å². The lowest BCUT2D eigenvalue weighted by Crippen LogP contribution is -2.15. The number of hydrogen-bond acceptors (Lipinski definition) is 4. The molecule has 0 spiro atoms. The van der Waals surface area contributed by atoms with Crippen LogP contribution in [0.5, 0.6) is 0 Å². The molecule has 4 nitrogen and oxygen atoms in total. The summed E-state index contributed by atoms with van der Waals surface area (Å²) in [6.45, 7) is 1.80. The molecule has 0 amide bonds. The Morgan fingerprint density at radius 1 is 1.26 bits per heavy atom. The van der Waals surface area contributed by atoms with Gasteiger partial charge in [-0.05, 0) is 19.1 Å². The molecule has 0 aliphatic rings. The van der Waals surface area contributed by atoms with Crippen LogP contribution in [0.1, 0.15) is 6.92 Å². The molecule has 118 valence electrons. The SMILES string of the molecule is CCOC(=O)[C@H](F)Sc1c(-c2ccccc2)nc2ccccn12. The molecule has 0 bridgehead atoms. The fourth-order valence-corrected chi connectivity index (χ4v) is 3.13. The van der Waals surface area contributed by atoms with Gasteiger partial charge in [0.25, 0.3) is 0 Å². The number of hydrogen-bond donors (Lipinski definition) is 0. The van der Waals surface area contributed by atoms with Gasteiger partial charge >= 0.3 is 5.97 Å². The summed E-state index contributed by atoms with van der Waals surface area (Å²) >= 11 is 0.808. The monoisotopic (exact) mass is 330 g/mol. The fraction of sp³-hybridized carbons (Fsp3) is 0.176. The highest BCUT2D eigenvalue weighted by molar-refractivity contribution is 8.00. The zero-order chi connectivity index (χ0) is 16.2. The van der Waals surface area contributed by atoms with E-state index in [0.29, 0.717) is 16.4 Å². The number of carbonyl (C=O) groups is 1. The van der Waals surface area contributed by atoms with Crippen LogP contribution in [0.25, 0.3) is 16.9 Å². The van der Waals surface area contributed by atoms with Crippen molar-refractivity contribution in [1.29, 1.82) is 0 Å². The number of alkyl halides is 1. The molecule has 6 heteroatoms. The van der Waals surface area contributed by atoms with E-state index in [2.05, 4.69) is 4.98 Å². The van der Waals surface area contributed by atoms with E-state index in [1.807, 2.05) is 48.5 Å². The van der Waals surface area contributed by atoms with E-state index in [0.717, 1.165) is 17.3 Å². The molecule has 0 unspecified atom stereocenters. The molecule has 2 heterocycles. The molecule has 1 aromatic carbocycles. The molecule has 2 aromatic heterocycles. The predicted molar refractivity (Wildman–Crippen MR) is 88.0 cm³/mol. The van der Waals surface area contributed by atoms with Gasteiger partial charge in [-0.25, -0.2) is 14.2 Å². The van der Waals surface area contributed by atoms with E-state index < -0.39 is 11.5 Å². The lowest BCUT2D eigenvalue weighted by molar-refractivity contribution is -0.145. The third kappa shape index (κ3) is 3.22. The topological polar surface area (TPSA) is 43.6 Å². The van der Waals surface area contributed by atoms with Crippen molar-refractivity contribution in [3.63, 3.8) is 0 Å². The maximum absolute atomic E-state index is 14.2. The average Bonchev–Trinajstić information content (AvgIpc) is 2.94. The first kappa shape index (κ1) is 15.6. The Balaban J connectivity index is 2.05. The minimum absolute atomic E-state index is 0.151. The maximum Gasteiger partial charge on any atom is 0.351 e. The second kappa shape index (κ2) is 6.83.